The largest absolute Gasteiger partial charge is 0.497 e. The molecule has 38 heavy (non-hydrogen) atoms. The van der Waals surface area contributed by atoms with Gasteiger partial charge in [0.15, 0.2) is 5.82 Å². The molecule has 0 radical (unpaired) electrons. The minimum atomic E-state index is -0.220. The number of benzene rings is 3. The average molecular weight is 522 g/mol. The molecule has 0 unspecified atom stereocenters. The van der Waals surface area contributed by atoms with Crippen molar-refractivity contribution in [2.75, 3.05) is 13.7 Å². The summed E-state index contributed by atoms with van der Waals surface area (Å²) in [4.78, 5) is 18.4. The van der Waals surface area contributed by atoms with Gasteiger partial charge in [-0.3, -0.25) is 4.79 Å². The van der Waals surface area contributed by atoms with Crippen LogP contribution in [0.4, 0.5) is 0 Å². The lowest BCUT2D eigenvalue weighted by Gasteiger charge is -2.04. The van der Waals surface area contributed by atoms with E-state index in [0.717, 1.165) is 39.6 Å². The molecule has 0 amide bonds. The molecule has 0 bridgehead atoms. The van der Waals surface area contributed by atoms with Gasteiger partial charge in [0.2, 0.25) is 4.96 Å². The molecule has 8 nitrogen and oxygen atoms in total. The van der Waals surface area contributed by atoms with Crippen LogP contribution in [0.2, 0.25) is 0 Å². The molecule has 3 aromatic heterocycles. The second kappa shape index (κ2) is 9.95. The van der Waals surface area contributed by atoms with Crippen LogP contribution in [-0.4, -0.2) is 38.1 Å². The molecule has 3 aromatic carbocycles. The Labute approximate surface area is 222 Å². The van der Waals surface area contributed by atoms with Gasteiger partial charge in [-0.1, -0.05) is 29.5 Å². The van der Waals surface area contributed by atoms with Crippen molar-refractivity contribution < 1.29 is 9.47 Å². The summed E-state index contributed by atoms with van der Waals surface area (Å²) in [5.41, 5.74) is 4.01. The minimum Gasteiger partial charge on any atom is -0.497 e. The van der Waals surface area contributed by atoms with E-state index in [2.05, 4.69) is 10.1 Å². The van der Waals surface area contributed by atoms with Crippen molar-refractivity contribution >= 4 is 22.4 Å². The van der Waals surface area contributed by atoms with Crippen molar-refractivity contribution in [1.82, 2.24) is 24.4 Å². The topological polar surface area (TPSA) is 83.5 Å². The van der Waals surface area contributed by atoms with Crippen LogP contribution in [0.1, 0.15) is 12.5 Å². The van der Waals surface area contributed by atoms with E-state index in [-0.39, 0.29) is 5.56 Å². The molecule has 0 fully saturated rings. The van der Waals surface area contributed by atoms with Gasteiger partial charge in [0, 0.05) is 22.9 Å². The molecule has 0 atom stereocenters. The number of hydrogen-bond donors (Lipinski definition) is 0. The van der Waals surface area contributed by atoms with Crippen molar-refractivity contribution in [3.63, 3.8) is 0 Å². The van der Waals surface area contributed by atoms with Crippen LogP contribution in [-0.2, 0) is 0 Å². The van der Waals surface area contributed by atoms with Gasteiger partial charge in [0.05, 0.1) is 23.9 Å². The predicted molar refractivity (Wildman–Crippen MR) is 148 cm³/mol. The standard InChI is InChI=1S/C29H23N5O3S/c1-3-37-24-15-9-19(10-16-24)26-21(18-33(31-26)22-7-5-4-6-8-22)17-25-28(35)34-29(38-25)30-27(32-34)20-11-13-23(36-2)14-12-20/h4-18H,3H2,1-2H3/b25-17-. The van der Waals surface area contributed by atoms with Crippen molar-refractivity contribution in [2.45, 2.75) is 6.92 Å². The minimum absolute atomic E-state index is 0.220. The maximum atomic E-state index is 13.3. The molecular weight excluding hydrogens is 498 g/mol. The number of fused-ring (bicyclic) bond motifs is 1. The summed E-state index contributed by atoms with van der Waals surface area (Å²) < 4.78 is 14.5. The highest BCUT2D eigenvalue weighted by Crippen LogP contribution is 2.27. The second-order valence-electron chi connectivity index (χ2n) is 8.44. The van der Waals surface area contributed by atoms with Crippen molar-refractivity contribution in [1.29, 1.82) is 0 Å². The second-order valence-corrected chi connectivity index (χ2v) is 9.45. The first-order chi connectivity index (χ1) is 18.6. The Morgan fingerprint density at radius 2 is 1.61 bits per heavy atom. The van der Waals surface area contributed by atoms with E-state index in [9.17, 15) is 4.79 Å². The zero-order valence-corrected chi connectivity index (χ0v) is 21.6. The van der Waals surface area contributed by atoms with Crippen LogP contribution in [0.25, 0.3) is 39.4 Å². The van der Waals surface area contributed by atoms with E-state index < -0.39 is 0 Å². The molecule has 6 aromatic rings. The Balaban J connectivity index is 1.43. The van der Waals surface area contributed by atoms with Gasteiger partial charge in [-0.2, -0.15) is 14.6 Å². The Kier molecular flexibility index (Phi) is 6.19. The van der Waals surface area contributed by atoms with Gasteiger partial charge >= 0.3 is 0 Å². The van der Waals surface area contributed by atoms with Crippen LogP contribution >= 0.6 is 11.3 Å². The lowest BCUT2D eigenvalue weighted by molar-refractivity contribution is 0.340. The average Bonchev–Trinajstić information content (AvgIpc) is 3.65. The first kappa shape index (κ1) is 23.6. The summed E-state index contributed by atoms with van der Waals surface area (Å²) in [6.07, 6.45) is 3.79. The van der Waals surface area contributed by atoms with E-state index in [1.165, 1.54) is 15.9 Å². The summed E-state index contributed by atoms with van der Waals surface area (Å²) in [6, 6.07) is 25.1. The SMILES string of the molecule is CCOc1ccc(-c2nn(-c3ccccc3)cc2/C=c2\sc3nc(-c4ccc(OC)cc4)nn3c2=O)cc1. The first-order valence-electron chi connectivity index (χ1n) is 12.1. The van der Waals surface area contributed by atoms with Gasteiger partial charge < -0.3 is 9.47 Å². The normalized spacial score (nSPS) is 11.8. The summed E-state index contributed by atoms with van der Waals surface area (Å²) in [5.74, 6) is 2.04. The number of rotatable bonds is 7. The summed E-state index contributed by atoms with van der Waals surface area (Å²) in [7, 11) is 1.62. The van der Waals surface area contributed by atoms with Gasteiger partial charge in [-0.25, -0.2) is 4.68 Å². The predicted octanol–water partition coefficient (Wildman–Crippen LogP) is 4.63. The third kappa shape index (κ3) is 4.44. The number of thiazole rings is 1. The number of para-hydroxylation sites is 1. The van der Waals surface area contributed by atoms with Gasteiger partial charge in [0.1, 0.15) is 17.2 Å². The molecule has 0 saturated heterocycles. The highest BCUT2D eigenvalue weighted by Gasteiger charge is 2.15. The molecular formula is C29H23N5O3S. The Hall–Kier alpha value is -4.76. The quantitative estimate of drug-likeness (QED) is 0.305. The number of ether oxygens (including phenoxy) is 2. The van der Waals surface area contributed by atoms with Crippen LogP contribution < -0.4 is 19.6 Å². The maximum Gasteiger partial charge on any atom is 0.291 e. The third-order valence-corrected chi connectivity index (χ3v) is 6.98. The van der Waals surface area contributed by atoms with E-state index in [1.54, 1.807) is 7.11 Å². The van der Waals surface area contributed by atoms with E-state index in [4.69, 9.17) is 14.6 Å². The summed E-state index contributed by atoms with van der Waals surface area (Å²) in [6.45, 7) is 2.55. The smallest absolute Gasteiger partial charge is 0.291 e. The molecule has 0 aliphatic heterocycles. The maximum absolute atomic E-state index is 13.3. The Morgan fingerprint density at radius 3 is 2.29 bits per heavy atom. The number of hydrogen-bond acceptors (Lipinski definition) is 7. The van der Waals surface area contributed by atoms with Crippen molar-refractivity contribution in [2.24, 2.45) is 0 Å². The van der Waals surface area contributed by atoms with Crippen LogP contribution in [0, 0.1) is 0 Å². The van der Waals surface area contributed by atoms with Gasteiger partial charge in [0.25, 0.3) is 5.56 Å². The fraction of sp³-hybridized carbons (Fsp3) is 0.103. The highest BCUT2D eigenvalue weighted by atomic mass is 32.1. The van der Waals surface area contributed by atoms with Gasteiger partial charge in [-0.15, -0.1) is 5.10 Å². The van der Waals surface area contributed by atoms with Crippen LogP contribution in [0.3, 0.4) is 0 Å². The van der Waals surface area contributed by atoms with Crippen LogP contribution in [0.15, 0.2) is 89.9 Å². The van der Waals surface area contributed by atoms with Crippen LogP contribution in [0.5, 0.6) is 11.5 Å². The third-order valence-electron chi connectivity index (χ3n) is 6.02. The van der Waals surface area contributed by atoms with E-state index in [0.29, 0.717) is 21.9 Å². The monoisotopic (exact) mass is 521 g/mol. The van der Waals surface area contributed by atoms with Gasteiger partial charge in [-0.05, 0) is 73.7 Å². The lowest BCUT2D eigenvalue weighted by atomic mass is 10.1. The summed E-state index contributed by atoms with van der Waals surface area (Å²) in [5, 5.41) is 9.33. The summed E-state index contributed by atoms with van der Waals surface area (Å²) >= 11 is 1.30. The lowest BCUT2D eigenvalue weighted by Crippen LogP contribution is -2.23. The molecule has 6 rings (SSSR count). The fourth-order valence-corrected chi connectivity index (χ4v) is 5.04. The molecule has 0 aliphatic rings. The highest BCUT2D eigenvalue weighted by molar-refractivity contribution is 7.15. The molecule has 3 heterocycles. The number of methoxy groups -OCH3 is 1. The first-order valence-corrected chi connectivity index (χ1v) is 12.9. The fourth-order valence-electron chi connectivity index (χ4n) is 4.14. The molecule has 0 aliphatic carbocycles. The molecule has 0 spiro atoms. The molecule has 9 heteroatoms. The molecule has 0 saturated carbocycles. The Bertz CT molecular complexity index is 1820. The van der Waals surface area contributed by atoms with E-state index >= 15 is 0 Å². The van der Waals surface area contributed by atoms with E-state index in [1.807, 2.05) is 103 Å². The molecule has 0 N–H and O–H groups in total. The number of nitrogens with zero attached hydrogens (tertiary/aromatic N) is 5. The Morgan fingerprint density at radius 1 is 0.895 bits per heavy atom. The zero-order chi connectivity index (χ0) is 26.1. The molecule has 188 valence electrons. The van der Waals surface area contributed by atoms with Crippen molar-refractivity contribution in [3.8, 4) is 39.8 Å². The van der Waals surface area contributed by atoms with Crippen molar-refractivity contribution in [3.05, 3.63) is 106 Å². The number of aromatic nitrogens is 5. The zero-order valence-electron chi connectivity index (χ0n) is 20.7.